The van der Waals surface area contributed by atoms with Crippen molar-refractivity contribution in [2.45, 2.75) is 20.8 Å². The van der Waals surface area contributed by atoms with Crippen molar-refractivity contribution in [2.24, 2.45) is 0 Å². The van der Waals surface area contributed by atoms with Crippen LogP contribution in [-0.4, -0.2) is 71.0 Å². The summed E-state index contributed by atoms with van der Waals surface area (Å²) >= 11 is 0. The van der Waals surface area contributed by atoms with Crippen molar-refractivity contribution in [2.75, 3.05) is 44.6 Å². The molecular formula is C21H27N5O3. The summed E-state index contributed by atoms with van der Waals surface area (Å²) in [6.45, 7) is 10.2. The molecular weight excluding hydrogens is 370 g/mol. The molecule has 1 aliphatic heterocycles. The van der Waals surface area contributed by atoms with Gasteiger partial charge in [-0.3, -0.25) is 4.79 Å². The van der Waals surface area contributed by atoms with Gasteiger partial charge < -0.3 is 19.9 Å². The lowest BCUT2D eigenvalue weighted by Crippen LogP contribution is -2.48. The Bertz CT molecular complexity index is 861. The molecule has 1 saturated heterocycles. The number of aromatic nitrogens is 2. The lowest BCUT2D eigenvalue weighted by atomic mass is 10.2. The first-order valence-electron chi connectivity index (χ1n) is 9.91. The van der Waals surface area contributed by atoms with Crippen molar-refractivity contribution >= 4 is 23.4 Å². The summed E-state index contributed by atoms with van der Waals surface area (Å²) in [4.78, 5) is 37.5. The van der Waals surface area contributed by atoms with Gasteiger partial charge in [0.1, 0.15) is 17.3 Å². The molecule has 1 aliphatic rings. The van der Waals surface area contributed by atoms with Gasteiger partial charge in [0.15, 0.2) is 0 Å². The average Bonchev–Trinajstić information content (AvgIpc) is 2.73. The summed E-state index contributed by atoms with van der Waals surface area (Å²) in [7, 11) is 0. The highest BCUT2D eigenvalue weighted by Gasteiger charge is 2.23. The molecule has 154 valence electrons. The summed E-state index contributed by atoms with van der Waals surface area (Å²) in [6.07, 6.45) is 0. The Balaban J connectivity index is 1.70. The van der Waals surface area contributed by atoms with Crippen molar-refractivity contribution in [1.82, 2.24) is 19.8 Å². The number of nitrogens with zero attached hydrogens (tertiary/aromatic N) is 4. The van der Waals surface area contributed by atoms with E-state index >= 15 is 0 Å². The Morgan fingerprint density at radius 2 is 1.76 bits per heavy atom. The Labute approximate surface area is 170 Å². The quantitative estimate of drug-likeness (QED) is 0.749. The Hall–Kier alpha value is -3.00. The SMILES string of the molecule is CCOC(=O)c1ccc(Nc2cc(C(=O)N3CCN(CC)CC3)nc(C)n2)cc1. The van der Waals surface area contributed by atoms with Crippen LogP contribution in [0.15, 0.2) is 30.3 Å². The lowest BCUT2D eigenvalue weighted by Gasteiger charge is -2.33. The molecule has 0 saturated carbocycles. The van der Waals surface area contributed by atoms with Gasteiger partial charge in [-0.2, -0.15) is 0 Å². The molecule has 3 rings (SSSR count). The van der Waals surface area contributed by atoms with Gasteiger partial charge in [-0.15, -0.1) is 0 Å². The van der Waals surface area contributed by atoms with Crippen molar-refractivity contribution in [3.63, 3.8) is 0 Å². The van der Waals surface area contributed by atoms with Crippen LogP contribution in [0.5, 0.6) is 0 Å². The summed E-state index contributed by atoms with van der Waals surface area (Å²) in [5.41, 5.74) is 1.62. The van der Waals surface area contributed by atoms with E-state index in [0.717, 1.165) is 25.3 Å². The van der Waals surface area contributed by atoms with Crippen molar-refractivity contribution in [1.29, 1.82) is 0 Å². The largest absolute Gasteiger partial charge is 0.462 e. The first-order chi connectivity index (χ1) is 14.0. The molecule has 1 aromatic carbocycles. The predicted molar refractivity (Wildman–Crippen MR) is 110 cm³/mol. The number of carbonyl (C=O) groups is 2. The summed E-state index contributed by atoms with van der Waals surface area (Å²) in [5, 5.41) is 3.18. The molecule has 0 unspecified atom stereocenters. The molecule has 0 bridgehead atoms. The zero-order valence-electron chi connectivity index (χ0n) is 17.1. The number of aryl methyl sites for hydroxylation is 1. The number of piperazine rings is 1. The average molecular weight is 397 g/mol. The van der Waals surface area contributed by atoms with E-state index in [9.17, 15) is 9.59 Å². The standard InChI is InChI=1S/C21H27N5O3/c1-4-25-10-12-26(13-11-25)20(27)18-14-19(23-15(3)22-18)24-17-8-6-16(7-9-17)21(28)29-5-2/h6-9,14H,4-5,10-13H2,1-3H3,(H,22,23,24). The van der Waals surface area contributed by atoms with Gasteiger partial charge in [-0.25, -0.2) is 14.8 Å². The molecule has 0 atom stereocenters. The first kappa shape index (κ1) is 20.7. The van der Waals surface area contributed by atoms with Crippen LogP contribution in [0.4, 0.5) is 11.5 Å². The molecule has 0 radical (unpaired) electrons. The number of likely N-dealkylation sites (N-methyl/N-ethyl adjacent to an activating group) is 1. The second kappa shape index (κ2) is 9.47. The van der Waals surface area contributed by atoms with E-state index < -0.39 is 0 Å². The molecule has 0 aliphatic carbocycles. The highest BCUT2D eigenvalue weighted by Crippen LogP contribution is 2.18. The fourth-order valence-electron chi connectivity index (χ4n) is 3.22. The van der Waals surface area contributed by atoms with E-state index in [1.54, 1.807) is 44.2 Å². The molecule has 0 spiro atoms. The van der Waals surface area contributed by atoms with Crippen LogP contribution < -0.4 is 5.32 Å². The smallest absolute Gasteiger partial charge is 0.338 e. The third-order valence-corrected chi connectivity index (χ3v) is 4.83. The van der Waals surface area contributed by atoms with Gasteiger partial charge in [-0.05, 0) is 44.7 Å². The maximum Gasteiger partial charge on any atom is 0.338 e. The third kappa shape index (κ3) is 5.29. The molecule has 2 aromatic rings. The fraction of sp³-hybridized carbons (Fsp3) is 0.429. The number of hydrogen-bond acceptors (Lipinski definition) is 7. The number of nitrogens with one attached hydrogen (secondary N) is 1. The van der Waals surface area contributed by atoms with E-state index in [-0.39, 0.29) is 11.9 Å². The number of amides is 1. The zero-order chi connectivity index (χ0) is 20.8. The maximum atomic E-state index is 12.9. The van der Waals surface area contributed by atoms with Gasteiger partial charge >= 0.3 is 5.97 Å². The molecule has 29 heavy (non-hydrogen) atoms. The van der Waals surface area contributed by atoms with E-state index in [4.69, 9.17) is 4.74 Å². The minimum atomic E-state index is -0.354. The van der Waals surface area contributed by atoms with Gasteiger partial charge in [0.25, 0.3) is 5.91 Å². The zero-order valence-corrected chi connectivity index (χ0v) is 17.1. The van der Waals surface area contributed by atoms with Crippen LogP contribution in [0.25, 0.3) is 0 Å². The number of esters is 1. The van der Waals surface area contributed by atoms with Crippen molar-refractivity contribution in [3.8, 4) is 0 Å². The Morgan fingerprint density at radius 1 is 1.07 bits per heavy atom. The second-order valence-electron chi connectivity index (χ2n) is 6.83. The van der Waals surface area contributed by atoms with Crippen LogP contribution in [0, 0.1) is 6.92 Å². The number of rotatable bonds is 6. The van der Waals surface area contributed by atoms with Crippen LogP contribution >= 0.6 is 0 Å². The molecule has 1 amide bonds. The molecule has 1 fully saturated rings. The minimum Gasteiger partial charge on any atom is -0.462 e. The van der Waals surface area contributed by atoms with E-state index in [2.05, 4.69) is 27.1 Å². The van der Waals surface area contributed by atoms with E-state index in [0.29, 0.717) is 42.6 Å². The summed E-state index contributed by atoms with van der Waals surface area (Å²) < 4.78 is 4.99. The van der Waals surface area contributed by atoms with Crippen molar-refractivity contribution < 1.29 is 14.3 Å². The normalized spacial score (nSPS) is 14.5. The van der Waals surface area contributed by atoms with E-state index in [1.165, 1.54) is 0 Å². The number of anilines is 2. The Kier molecular flexibility index (Phi) is 6.77. The number of carbonyl (C=O) groups excluding carboxylic acids is 2. The number of ether oxygens (including phenoxy) is 1. The van der Waals surface area contributed by atoms with Crippen LogP contribution in [0.3, 0.4) is 0 Å². The maximum absolute atomic E-state index is 12.9. The topological polar surface area (TPSA) is 87.7 Å². The second-order valence-corrected chi connectivity index (χ2v) is 6.83. The summed E-state index contributed by atoms with van der Waals surface area (Å²) in [6, 6.07) is 8.59. The Morgan fingerprint density at radius 3 is 2.38 bits per heavy atom. The lowest BCUT2D eigenvalue weighted by molar-refractivity contribution is 0.0526. The number of hydrogen-bond donors (Lipinski definition) is 1. The predicted octanol–water partition coefficient (Wildman–Crippen LogP) is 2.48. The van der Waals surface area contributed by atoms with Crippen molar-refractivity contribution in [3.05, 3.63) is 47.4 Å². The van der Waals surface area contributed by atoms with Gasteiger partial charge in [-0.1, -0.05) is 6.92 Å². The molecule has 8 nitrogen and oxygen atoms in total. The third-order valence-electron chi connectivity index (χ3n) is 4.83. The van der Waals surface area contributed by atoms with Crippen LogP contribution in [-0.2, 0) is 4.74 Å². The highest BCUT2D eigenvalue weighted by molar-refractivity contribution is 5.93. The summed E-state index contributed by atoms with van der Waals surface area (Å²) in [5.74, 6) is 0.630. The first-order valence-corrected chi connectivity index (χ1v) is 9.91. The van der Waals surface area contributed by atoms with Gasteiger partial charge in [0, 0.05) is 37.9 Å². The monoisotopic (exact) mass is 397 g/mol. The molecule has 2 heterocycles. The molecule has 1 N–H and O–H groups in total. The van der Waals surface area contributed by atoms with Crippen LogP contribution in [0.1, 0.15) is 40.5 Å². The van der Waals surface area contributed by atoms with E-state index in [1.807, 2.05) is 4.90 Å². The molecule has 1 aromatic heterocycles. The minimum absolute atomic E-state index is 0.0769. The molecule has 8 heteroatoms. The highest BCUT2D eigenvalue weighted by atomic mass is 16.5. The van der Waals surface area contributed by atoms with Gasteiger partial charge in [0.2, 0.25) is 0 Å². The van der Waals surface area contributed by atoms with Gasteiger partial charge in [0.05, 0.1) is 12.2 Å². The fourth-order valence-corrected chi connectivity index (χ4v) is 3.22. The number of benzene rings is 1. The van der Waals surface area contributed by atoms with Crippen LogP contribution in [0.2, 0.25) is 0 Å².